The van der Waals surface area contributed by atoms with Crippen LogP contribution in [0.4, 0.5) is 0 Å². The molecule has 2 aromatic carbocycles. The summed E-state index contributed by atoms with van der Waals surface area (Å²) < 4.78 is 12.7. The van der Waals surface area contributed by atoms with E-state index >= 15 is 0 Å². The summed E-state index contributed by atoms with van der Waals surface area (Å²) in [7, 11) is -2.28. The van der Waals surface area contributed by atoms with Crippen LogP contribution in [-0.2, 0) is 11.2 Å². The molecular formula is C25H32BrClN2O4Si. The van der Waals surface area contributed by atoms with E-state index in [4.69, 9.17) is 21.1 Å². The van der Waals surface area contributed by atoms with Crippen LogP contribution in [0.25, 0.3) is 0 Å². The van der Waals surface area contributed by atoms with Crippen molar-refractivity contribution in [1.82, 2.24) is 5.43 Å². The first kappa shape index (κ1) is 26.7. The molecule has 1 aliphatic heterocycles. The number of carbonyl (C=O) groups excluding carboxylic acids is 1. The summed E-state index contributed by atoms with van der Waals surface area (Å²) in [4.78, 5) is 21.8. The maximum absolute atomic E-state index is 11.3. The molecule has 34 heavy (non-hydrogen) atoms. The third kappa shape index (κ3) is 7.07. The lowest BCUT2D eigenvalue weighted by Crippen LogP contribution is -2.40. The van der Waals surface area contributed by atoms with Crippen molar-refractivity contribution in [2.45, 2.75) is 57.7 Å². The van der Waals surface area contributed by atoms with Gasteiger partial charge in [0, 0.05) is 23.7 Å². The van der Waals surface area contributed by atoms with Crippen molar-refractivity contribution in [2.24, 2.45) is 5.10 Å². The Hall–Kier alpha value is -1.87. The van der Waals surface area contributed by atoms with Crippen LogP contribution in [0.5, 0.6) is 11.5 Å². The van der Waals surface area contributed by atoms with E-state index in [-0.39, 0.29) is 10.9 Å². The molecule has 0 aliphatic carbocycles. The molecule has 9 heteroatoms. The van der Waals surface area contributed by atoms with Gasteiger partial charge in [-0.1, -0.05) is 47.4 Å². The number of amides is 1. The molecule has 6 nitrogen and oxygen atoms in total. The van der Waals surface area contributed by atoms with E-state index in [1.807, 2.05) is 43.4 Å². The molecule has 2 N–H and O–H groups in total. The molecule has 1 heterocycles. The van der Waals surface area contributed by atoms with Gasteiger partial charge in [0.2, 0.25) is 5.91 Å². The van der Waals surface area contributed by atoms with E-state index < -0.39 is 8.32 Å². The molecule has 0 aromatic heterocycles. The normalized spacial score (nSPS) is 14.4. The molecule has 184 valence electrons. The number of benzene rings is 2. The van der Waals surface area contributed by atoms with Gasteiger partial charge in [0.15, 0.2) is 8.32 Å². The van der Waals surface area contributed by atoms with E-state index in [9.17, 15) is 9.59 Å². The topological polar surface area (TPSA) is 80.2 Å². The van der Waals surface area contributed by atoms with Crippen molar-refractivity contribution in [2.75, 3.05) is 13.2 Å². The highest BCUT2D eigenvalue weighted by atomic mass is 79.9. The Morgan fingerprint density at radius 1 is 1.15 bits per heavy atom. The number of hydrazone groups is 1. The highest BCUT2D eigenvalue weighted by molar-refractivity contribution is 9.10. The predicted octanol–water partition coefficient (Wildman–Crippen LogP) is 6.08. The highest BCUT2D eigenvalue weighted by Gasteiger charge is 2.38. The molecule has 0 unspecified atom stereocenters. The fourth-order valence-electron chi connectivity index (χ4n) is 3.36. The fourth-order valence-corrected chi connectivity index (χ4v) is 4.72. The van der Waals surface area contributed by atoms with Gasteiger partial charge in [-0.05, 0) is 66.0 Å². The van der Waals surface area contributed by atoms with Crippen molar-refractivity contribution in [1.29, 1.82) is 0 Å². The van der Waals surface area contributed by atoms with Gasteiger partial charge in [-0.15, -0.1) is 0 Å². The number of halogens is 2. The Morgan fingerprint density at radius 2 is 1.88 bits per heavy atom. The number of hydrogen-bond donors (Lipinski definition) is 2. The second-order valence-corrected chi connectivity index (χ2v) is 15.4. The molecule has 0 spiro atoms. The summed E-state index contributed by atoms with van der Waals surface area (Å²) in [5.41, 5.74) is 5.35. The van der Waals surface area contributed by atoms with Crippen LogP contribution in [0.2, 0.25) is 23.2 Å². The zero-order valence-corrected chi connectivity index (χ0v) is 23.4. The first-order chi connectivity index (χ1) is 16.0. The number of carbonyl (C=O) groups is 1. The number of hydrogen-bond acceptors (Lipinski definition) is 5. The van der Waals surface area contributed by atoms with Gasteiger partial charge in [0.1, 0.15) is 11.5 Å². The van der Waals surface area contributed by atoms with E-state index in [0.717, 1.165) is 33.5 Å². The van der Waals surface area contributed by atoms with Crippen LogP contribution < -0.4 is 14.9 Å². The Kier molecular flexibility index (Phi) is 8.84. The molecule has 1 aliphatic rings. The van der Waals surface area contributed by atoms with Crippen LogP contribution in [0, 0.1) is 0 Å². The standard InChI is InChI=1S/C25H32BrClN2O4Si/c1-25(2,34(3,4)31)16-18-6-8-19(15-20(18)26)32-12-5-13-33-23-10-7-17(14-21(23)27)22-9-11-24(30)29-28-22/h6-8,10,14-15,31H,5,9,11-13,16H2,1-4H3,(H,29,30). The van der Waals surface area contributed by atoms with Crippen molar-refractivity contribution in [3.05, 3.63) is 57.0 Å². The van der Waals surface area contributed by atoms with Crippen LogP contribution in [0.1, 0.15) is 44.2 Å². The number of nitrogens with one attached hydrogen (secondary N) is 1. The van der Waals surface area contributed by atoms with Crippen LogP contribution in [-0.4, -0.2) is 37.9 Å². The average molecular weight is 568 g/mol. The third-order valence-electron chi connectivity index (χ3n) is 6.30. The van der Waals surface area contributed by atoms with Gasteiger partial charge in [0.05, 0.1) is 23.9 Å². The van der Waals surface area contributed by atoms with Gasteiger partial charge in [0.25, 0.3) is 0 Å². The molecule has 3 rings (SSSR count). The van der Waals surface area contributed by atoms with E-state index in [0.29, 0.717) is 43.2 Å². The number of nitrogens with zero attached hydrogens (tertiary/aromatic N) is 1. The second-order valence-electron chi connectivity index (χ2n) is 9.66. The predicted molar refractivity (Wildman–Crippen MR) is 143 cm³/mol. The molecule has 0 saturated carbocycles. The SMILES string of the molecule is CC(C)(Cc1ccc(OCCCOc2ccc(C3=NNC(=O)CC3)cc2Cl)cc1Br)[Si](C)(C)O. The summed E-state index contributed by atoms with van der Waals surface area (Å²) in [6, 6.07) is 11.5. The molecule has 0 radical (unpaired) electrons. The van der Waals surface area contributed by atoms with Gasteiger partial charge in [-0.25, -0.2) is 5.43 Å². The Labute approximate surface area is 216 Å². The Morgan fingerprint density at radius 3 is 2.50 bits per heavy atom. The lowest BCUT2D eigenvalue weighted by atomic mass is 10.0. The van der Waals surface area contributed by atoms with Gasteiger partial charge < -0.3 is 14.3 Å². The van der Waals surface area contributed by atoms with Crippen molar-refractivity contribution in [3.63, 3.8) is 0 Å². The minimum atomic E-state index is -2.28. The van der Waals surface area contributed by atoms with Gasteiger partial charge in [-0.2, -0.15) is 5.10 Å². The summed E-state index contributed by atoms with van der Waals surface area (Å²) in [5, 5.41) is 4.47. The molecular weight excluding hydrogens is 536 g/mol. The third-order valence-corrected chi connectivity index (χ3v) is 10.8. The fraction of sp³-hybridized carbons (Fsp3) is 0.440. The van der Waals surface area contributed by atoms with Gasteiger partial charge in [-0.3, -0.25) is 4.79 Å². The van der Waals surface area contributed by atoms with E-state index in [1.165, 1.54) is 0 Å². The average Bonchev–Trinajstić information content (AvgIpc) is 2.76. The zero-order chi connectivity index (χ0) is 24.9. The van der Waals surface area contributed by atoms with Crippen molar-refractivity contribution < 1.29 is 19.1 Å². The lowest BCUT2D eigenvalue weighted by Gasteiger charge is -2.35. The first-order valence-electron chi connectivity index (χ1n) is 11.4. The van der Waals surface area contributed by atoms with Crippen LogP contribution in [0.15, 0.2) is 46.0 Å². The minimum absolute atomic E-state index is 0.0727. The summed E-state index contributed by atoms with van der Waals surface area (Å²) in [5.74, 6) is 1.32. The lowest BCUT2D eigenvalue weighted by molar-refractivity contribution is -0.121. The minimum Gasteiger partial charge on any atom is -0.493 e. The number of ether oxygens (including phenoxy) is 2. The quantitative estimate of drug-likeness (QED) is 0.269. The molecule has 2 aromatic rings. The Bertz CT molecular complexity index is 1070. The molecule has 0 fully saturated rings. The highest BCUT2D eigenvalue weighted by Crippen LogP contribution is 2.40. The monoisotopic (exact) mass is 566 g/mol. The molecule has 1 amide bonds. The van der Waals surface area contributed by atoms with Gasteiger partial charge >= 0.3 is 0 Å². The summed E-state index contributed by atoms with van der Waals surface area (Å²) in [6.45, 7) is 9.20. The zero-order valence-electron chi connectivity index (χ0n) is 20.1. The number of rotatable bonds is 10. The van der Waals surface area contributed by atoms with E-state index in [2.05, 4.69) is 46.4 Å². The summed E-state index contributed by atoms with van der Waals surface area (Å²) in [6.07, 6.45) is 2.52. The first-order valence-corrected chi connectivity index (χ1v) is 15.5. The van der Waals surface area contributed by atoms with Crippen molar-refractivity contribution >= 4 is 47.5 Å². The van der Waals surface area contributed by atoms with Crippen LogP contribution in [0.3, 0.4) is 0 Å². The van der Waals surface area contributed by atoms with Crippen molar-refractivity contribution in [3.8, 4) is 11.5 Å². The summed E-state index contributed by atoms with van der Waals surface area (Å²) >= 11 is 10.0. The Balaban J connectivity index is 1.46. The smallest absolute Gasteiger partial charge is 0.240 e. The second kappa shape index (κ2) is 11.2. The molecule has 0 bridgehead atoms. The largest absolute Gasteiger partial charge is 0.493 e. The maximum Gasteiger partial charge on any atom is 0.240 e. The van der Waals surface area contributed by atoms with E-state index in [1.54, 1.807) is 0 Å². The molecule has 0 saturated heterocycles. The maximum atomic E-state index is 11.3. The van der Waals surface area contributed by atoms with Crippen LogP contribution >= 0.6 is 27.5 Å². The molecule has 0 atom stereocenters.